The zero-order chi connectivity index (χ0) is 23.5. The lowest BCUT2D eigenvalue weighted by atomic mass is 9.43. The smallest absolute Gasteiger partial charge is 0.283 e. The van der Waals surface area contributed by atoms with Crippen molar-refractivity contribution in [3.05, 3.63) is 11.8 Å². The molecule has 0 bridgehead atoms. The molecular formula is C27H42N2O4. The Morgan fingerprint density at radius 1 is 1.06 bits per heavy atom. The number of hydrogen-bond acceptors (Lipinski definition) is 6. The Labute approximate surface area is 197 Å². The first-order chi connectivity index (χ1) is 15.6. The molecule has 33 heavy (non-hydrogen) atoms. The van der Waals surface area contributed by atoms with Crippen LogP contribution in [-0.2, 0) is 0 Å². The summed E-state index contributed by atoms with van der Waals surface area (Å²) in [6, 6.07) is 0. The SMILES string of the molecule is Cc1nnc(C(=O)CC[C@@H](C)[C@H]2CC[C@H]3[C@@H]4[C@@H](O)C[C@@H]5C[C@H](O)CC[C@]5(C)[C@H]4CC[C@]23C)o1. The van der Waals surface area contributed by atoms with Crippen LogP contribution < -0.4 is 0 Å². The van der Waals surface area contributed by atoms with Crippen LogP contribution in [0.3, 0.4) is 0 Å². The Hall–Kier alpha value is -1.27. The fourth-order valence-corrected chi connectivity index (χ4v) is 9.25. The van der Waals surface area contributed by atoms with Gasteiger partial charge in [0, 0.05) is 13.3 Å². The van der Waals surface area contributed by atoms with Crippen LogP contribution >= 0.6 is 0 Å². The second-order valence-corrected chi connectivity index (χ2v) is 12.5. The summed E-state index contributed by atoms with van der Waals surface area (Å²) in [5.74, 6) is 3.56. The molecule has 184 valence electrons. The molecule has 1 aromatic rings. The molecule has 4 aliphatic carbocycles. The van der Waals surface area contributed by atoms with Crippen molar-refractivity contribution in [1.29, 1.82) is 0 Å². The Kier molecular flexibility index (Phi) is 6.00. The summed E-state index contributed by atoms with van der Waals surface area (Å²) >= 11 is 0. The molecule has 0 radical (unpaired) electrons. The highest BCUT2D eigenvalue weighted by molar-refractivity contribution is 5.91. The van der Waals surface area contributed by atoms with Crippen molar-refractivity contribution in [1.82, 2.24) is 10.2 Å². The van der Waals surface area contributed by atoms with E-state index in [4.69, 9.17) is 4.42 Å². The standard InChI is InChI=1S/C27H42N2O4/c1-15(5-8-22(31)25-29-28-16(2)33-25)19-6-7-20-24-21(10-12-27(19,20)4)26(3)11-9-18(30)13-17(26)14-23(24)32/h15,17-21,23-24,30,32H,5-14H2,1-4H3/t15-,17+,18-,19-,20+,21+,23+,24+,26+,27-/m1/s1. The van der Waals surface area contributed by atoms with Crippen molar-refractivity contribution in [2.24, 2.45) is 46.3 Å². The summed E-state index contributed by atoms with van der Waals surface area (Å²) < 4.78 is 5.32. The molecule has 0 unspecified atom stereocenters. The summed E-state index contributed by atoms with van der Waals surface area (Å²) in [5, 5.41) is 29.3. The number of carbonyl (C=O) groups excluding carboxylic acids is 1. The quantitative estimate of drug-likeness (QED) is 0.605. The molecule has 2 N–H and O–H groups in total. The van der Waals surface area contributed by atoms with Gasteiger partial charge in [-0.25, -0.2) is 0 Å². The van der Waals surface area contributed by atoms with Crippen LogP contribution in [0, 0.1) is 53.3 Å². The maximum Gasteiger partial charge on any atom is 0.283 e. The number of ketones is 1. The van der Waals surface area contributed by atoms with Crippen molar-refractivity contribution in [3.63, 3.8) is 0 Å². The van der Waals surface area contributed by atoms with Gasteiger partial charge in [-0.15, -0.1) is 10.2 Å². The minimum absolute atomic E-state index is 0.0491. The fourth-order valence-electron chi connectivity index (χ4n) is 9.25. The molecule has 10 atom stereocenters. The lowest BCUT2D eigenvalue weighted by Gasteiger charge is -2.62. The van der Waals surface area contributed by atoms with Crippen LogP contribution in [0.1, 0.15) is 102 Å². The molecule has 6 heteroatoms. The molecule has 0 saturated heterocycles. The number of rotatable bonds is 5. The molecule has 1 aromatic heterocycles. The van der Waals surface area contributed by atoms with Gasteiger partial charge >= 0.3 is 0 Å². The van der Waals surface area contributed by atoms with E-state index >= 15 is 0 Å². The number of aryl methyl sites for hydroxylation is 1. The Morgan fingerprint density at radius 2 is 1.79 bits per heavy atom. The van der Waals surface area contributed by atoms with Crippen molar-refractivity contribution in [3.8, 4) is 0 Å². The third kappa shape index (κ3) is 3.80. The zero-order valence-corrected chi connectivity index (χ0v) is 20.8. The highest BCUT2D eigenvalue weighted by atomic mass is 16.4. The summed E-state index contributed by atoms with van der Waals surface area (Å²) in [7, 11) is 0. The van der Waals surface area contributed by atoms with Gasteiger partial charge in [0.1, 0.15) is 0 Å². The van der Waals surface area contributed by atoms with Crippen molar-refractivity contribution >= 4 is 5.78 Å². The topological polar surface area (TPSA) is 96.5 Å². The van der Waals surface area contributed by atoms with Crippen LogP contribution in [-0.4, -0.2) is 38.4 Å². The number of hydrogen-bond donors (Lipinski definition) is 2. The number of aliphatic hydroxyl groups excluding tert-OH is 2. The summed E-state index contributed by atoms with van der Waals surface area (Å²) in [4.78, 5) is 12.5. The van der Waals surface area contributed by atoms with Crippen LogP contribution in [0.5, 0.6) is 0 Å². The van der Waals surface area contributed by atoms with Crippen molar-refractivity contribution in [2.75, 3.05) is 0 Å². The van der Waals surface area contributed by atoms with Crippen molar-refractivity contribution in [2.45, 2.75) is 104 Å². The van der Waals surface area contributed by atoms with Gasteiger partial charge in [-0.1, -0.05) is 20.8 Å². The van der Waals surface area contributed by atoms with E-state index in [2.05, 4.69) is 31.0 Å². The summed E-state index contributed by atoms with van der Waals surface area (Å²) in [6.07, 6.45) is 9.45. The molecule has 1 heterocycles. The highest BCUT2D eigenvalue weighted by Crippen LogP contribution is 2.68. The molecule has 0 aliphatic heterocycles. The molecule has 6 nitrogen and oxygen atoms in total. The molecular weight excluding hydrogens is 416 g/mol. The number of aliphatic hydroxyl groups is 2. The normalized spacial score (nSPS) is 45.7. The molecule has 4 saturated carbocycles. The van der Waals surface area contributed by atoms with Gasteiger partial charge in [-0.2, -0.15) is 0 Å². The summed E-state index contributed by atoms with van der Waals surface area (Å²) in [5.41, 5.74) is 0.506. The minimum atomic E-state index is -0.237. The maximum atomic E-state index is 12.5. The lowest BCUT2D eigenvalue weighted by Crippen LogP contribution is -2.58. The molecule has 0 spiro atoms. The van der Waals surface area contributed by atoms with Gasteiger partial charge in [0.25, 0.3) is 5.89 Å². The van der Waals surface area contributed by atoms with Gasteiger partial charge in [0.2, 0.25) is 11.7 Å². The molecule has 0 aromatic carbocycles. The largest absolute Gasteiger partial charge is 0.419 e. The van der Waals surface area contributed by atoms with E-state index in [1.165, 1.54) is 25.7 Å². The molecule has 4 fully saturated rings. The molecule has 5 rings (SSSR count). The van der Waals surface area contributed by atoms with Gasteiger partial charge < -0.3 is 14.6 Å². The zero-order valence-electron chi connectivity index (χ0n) is 20.8. The third-order valence-corrected chi connectivity index (χ3v) is 11.0. The lowest BCUT2D eigenvalue weighted by molar-refractivity contribution is -0.174. The number of nitrogens with zero attached hydrogens (tertiary/aromatic N) is 2. The highest BCUT2D eigenvalue weighted by Gasteiger charge is 2.62. The van der Waals surface area contributed by atoms with Crippen molar-refractivity contribution < 1.29 is 19.4 Å². The van der Waals surface area contributed by atoms with Gasteiger partial charge in [-0.3, -0.25) is 4.79 Å². The average Bonchev–Trinajstić information content (AvgIpc) is 3.36. The van der Waals surface area contributed by atoms with Crippen LogP contribution in [0.25, 0.3) is 0 Å². The minimum Gasteiger partial charge on any atom is -0.419 e. The number of fused-ring (bicyclic) bond motifs is 5. The monoisotopic (exact) mass is 458 g/mol. The number of Topliss-reactive ketones (excluding diaryl/α,β-unsaturated/α-hetero) is 1. The Bertz CT molecular complexity index is 885. The number of carbonyl (C=O) groups is 1. The maximum absolute atomic E-state index is 12.5. The third-order valence-electron chi connectivity index (χ3n) is 11.0. The van der Waals surface area contributed by atoms with Crippen LogP contribution in [0.2, 0.25) is 0 Å². The van der Waals surface area contributed by atoms with Gasteiger partial charge in [0.05, 0.1) is 12.2 Å². The fraction of sp³-hybridized carbons (Fsp3) is 0.889. The molecule has 0 amide bonds. The van der Waals surface area contributed by atoms with E-state index in [1.54, 1.807) is 6.92 Å². The van der Waals surface area contributed by atoms with Crippen LogP contribution in [0.4, 0.5) is 0 Å². The van der Waals surface area contributed by atoms with E-state index in [0.29, 0.717) is 47.8 Å². The average molecular weight is 459 g/mol. The first-order valence-electron chi connectivity index (χ1n) is 13.3. The number of aromatic nitrogens is 2. The van der Waals surface area contributed by atoms with E-state index in [0.717, 1.165) is 32.1 Å². The van der Waals surface area contributed by atoms with E-state index in [9.17, 15) is 15.0 Å². The second kappa shape index (κ2) is 8.44. The van der Waals surface area contributed by atoms with E-state index in [-0.39, 0.29) is 34.7 Å². The predicted molar refractivity (Wildman–Crippen MR) is 124 cm³/mol. The first kappa shape index (κ1) is 23.5. The van der Waals surface area contributed by atoms with E-state index < -0.39 is 0 Å². The first-order valence-corrected chi connectivity index (χ1v) is 13.3. The van der Waals surface area contributed by atoms with Gasteiger partial charge in [0.15, 0.2) is 0 Å². The second-order valence-electron chi connectivity index (χ2n) is 12.5. The summed E-state index contributed by atoms with van der Waals surface area (Å²) in [6.45, 7) is 8.97. The van der Waals surface area contributed by atoms with Gasteiger partial charge in [-0.05, 0) is 104 Å². The molecule has 4 aliphatic rings. The van der Waals surface area contributed by atoms with Crippen LogP contribution in [0.15, 0.2) is 4.42 Å². The Morgan fingerprint density at radius 3 is 2.52 bits per heavy atom. The van der Waals surface area contributed by atoms with E-state index in [1.807, 2.05) is 0 Å². The predicted octanol–water partition coefficient (Wildman–Crippen LogP) is 4.97. The Balaban J connectivity index is 1.29.